The van der Waals surface area contributed by atoms with E-state index < -0.39 is 6.17 Å². The number of rotatable bonds is 6. The number of aromatic nitrogens is 2. The minimum absolute atomic E-state index is 0.293. The second-order valence-electron chi connectivity index (χ2n) is 8.03. The zero-order valence-electron chi connectivity index (χ0n) is 14.4. The third kappa shape index (κ3) is 4.12. The van der Waals surface area contributed by atoms with Crippen molar-refractivity contribution in [3.05, 3.63) is 24.3 Å². The van der Waals surface area contributed by atoms with Gasteiger partial charge in [0.2, 0.25) is 0 Å². The Morgan fingerprint density at radius 1 is 1.08 bits per heavy atom. The first-order chi connectivity index (χ1) is 11.8. The molecule has 5 heteroatoms. The predicted molar refractivity (Wildman–Crippen MR) is 92.2 cm³/mol. The van der Waals surface area contributed by atoms with E-state index in [1.54, 1.807) is 6.33 Å². The van der Waals surface area contributed by atoms with Crippen molar-refractivity contribution in [1.82, 2.24) is 20.2 Å². The van der Waals surface area contributed by atoms with Gasteiger partial charge in [0.05, 0.1) is 0 Å². The van der Waals surface area contributed by atoms with Crippen molar-refractivity contribution in [2.75, 3.05) is 13.1 Å². The molecular weight excluding hydrogens is 303 g/mol. The van der Waals surface area contributed by atoms with E-state index in [1.807, 2.05) is 12.4 Å². The van der Waals surface area contributed by atoms with E-state index in [-0.39, 0.29) is 0 Å². The zero-order valence-corrected chi connectivity index (χ0v) is 14.4. The van der Waals surface area contributed by atoms with Crippen LogP contribution in [0.3, 0.4) is 0 Å². The molecule has 24 heavy (non-hydrogen) atoms. The van der Waals surface area contributed by atoms with Gasteiger partial charge in [-0.3, -0.25) is 4.90 Å². The molecule has 1 aliphatic heterocycles. The fourth-order valence-corrected chi connectivity index (χ4v) is 4.69. The van der Waals surface area contributed by atoms with Gasteiger partial charge in [-0.15, -0.1) is 0 Å². The molecular formula is C19H29FN4. The van der Waals surface area contributed by atoms with Crippen LogP contribution in [0, 0.1) is 11.8 Å². The zero-order chi connectivity index (χ0) is 16.4. The minimum atomic E-state index is -0.702. The van der Waals surface area contributed by atoms with Gasteiger partial charge in [0.1, 0.15) is 12.5 Å². The summed E-state index contributed by atoms with van der Waals surface area (Å²) < 4.78 is 14.0. The molecule has 2 heterocycles. The molecule has 0 amide bonds. The fourth-order valence-electron chi connectivity index (χ4n) is 4.69. The van der Waals surface area contributed by atoms with Gasteiger partial charge < -0.3 is 5.32 Å². The average Bonchev–Trinajstić information content (AvgIpc) is 3.39. The number of hydrogen-bond donors (Lipinski definition) is 1. The Bertz CT molecular complexity index is 521. The van der Waals surface area contributed by atoms with Crippen LogP contribution < -0.4 is 5.32 Å². The van der Waals surface area contributed by atoms with Crippen molar-refractivity contribution in [3.63, 3.8) is 0 Å². The Labute approximate surface area is 144 Å². The quantitative estimate of drug-likeness (QED) is 0.869. The van der Waals surface area contributed by atoms with E-state index in [0.29, 0.717) is 25.0 Å². The standard InChI is InChI=1S/C19H29FN4/c20-17-7-19(24(12-17)11-14-8-21-13-22-9-14)10-23-18-3-1-2-16(6-18)15-4-5-15/h8-9,13,15-19,23H,1-7,10-12H2/t16?,17-,18?,19-/m0/s1. The molecule has 0 aromatic carbocycles. The van der Waals surface area contributed by atoms with Crippen LogP contribution in [0.15, 0.2) is 18.7 Å². The predicted octanol–water partition coefficient (Wildman–Crippen LogP) is 2.95. The van der Waals surface area contributed by atoms with E-state index in [2.05, 4.69) is 20.2 Å². The van der Waals surface area contributed by atoms with Gasteiger partial charge in [-0.1, -0.05) is 12.8 Å². The molecule has 3 fully saturated rings. The second-order valence-corrected chi connectivity index (χ2v) is 8.03. The number of nitrogens with one attached hydrogen (secondary N) is 1. The summed E-state index contributed by atoms with van der Waals surface area (Å²) in [4.78, 5) is 10.4. The molecule has 2 aliphatic carbocycles. The Balaban J connectivity index is 1.29. The van der Waals surface area contributed by atoms with Gasteiger partial charge in [-0.05, 0) is 43.9 Å². The van der Waals surface area contributed by atoms with Gasteiger partial charge in [0.25, 0.3) is 0 Å². The SMILES string of the molecule is F[C@H]1C[C@@H](CNC2CCCC(C3CC3)C2)N(Cc2cncnc2)C1. The van der Waals surface area contributed by atoms with Crippen molar-refractivity contribution < 1.29 is 4.39 Å². The smallest absolute Gasteiger partial charge is 0.115 e. The summed E-state index contributed by atoms with van der Waals surface area (Å²) in [6.45, 7) is 2.20. The van der Waals surface area contributed by atoms with Crippen molar-refractivity contribution >= 4 is 0 Å². The van der Waals surface area contributed by atoms with Crippen LogP contribution in [-0.4, -0.2) is 46.2 Å². The molecule has 132 valence electrons. The number of likely N-dealkylation sites (tertiary alicyclic amines) is 1. The molecule has 1 aromatic rings. The van der Waals surface area contributed by atoms with Gasteiger partial charge in [0, 0.05) is 49.7 Å². The molecule has 2 unspecified atom stereocenters. The Kier molecular flexibility index (Phi) is 5.09. The summed E-state index contributed by atoms with van der Waals surface area (Å²) >= 11 is 0. The molecule has 2 saturated carbocycles. The lowest BCUT2D eigenvalue weighted by Gasteiger charge is -2.32. The highest BCUT2D eigenvalue weighted by atomic mass is 19.1. The topological polar surface area (TPSA) is 41.0 Å². The van der Waals surface area contributed by atoms with E-state index in [9.17, 15) is 4.39 Å². The first-order valence-corrected chi connectivity index (χ1v) is 9.63. The van der Waals surface area contributed by atoms with Crippen LogP contribution in [0.4, 0.5) is 4.39 Å². The summed E-state index contributed by atoms with van der Waals surface area (Å²) in [5.41, 5.74) is 1.07. The normalized spacial score (nSPS) is 34.5. The van der Waals surface area contributed by atoms with Gasteiger partial charge >= 0.3 is 0 Å². The lowest BCUT2D eigenvalue weighted by molar-refractivity contribution is 0.208. The molecule has 0 bridgehead atoms. The molecule has 0 radical (unpaired) electrons. The Morgan fingerprint density at radius 3 is 2.71 bits per heavy atom. The lowest BCUT2D eigenvalue weighted by Crippen LogP contribution is -2.43. The van der Waals surface area contributed by atoms with Crippen LogP contribution >= 0.6 is 0 Å². The first kappa shape index (κ1) is 16.4. The number of alkyl halides is 1. The van der Waals surface area contributed by atoms with Crippen LogP contribution in [0.25, 0.3) is 0 Å². The molecule has 0 spiro atoms. The summed E-state index contributed by atoms with van der Waals surface area (Å²) in [7, 11) is 0. The van der Waals surface area contributed by atoms with E-state index in [1.165, 1.54) is 38.5 Å². The van der Waals surface area contributed by atoms with E-state index >= 15 is 0 Å². The highest BCUT2D eigenvalue weighted by molar-refractivity contribution is 5.04. The summed E-state index contributed by atoms with van der Waals surface area (Å²) in [5, 5.41) is 3.77. The molecule has 4 nitrogen and oxygen atoms in total. The van der Waals surface area contributed by atoms with Crippen LogP contribution in [-0.2, 0) is 6.54 Å². The van der Waals surface area contributed by atoms with Crippen LogP contribution in [0.5, 0.6) is 0 Å². The number of nitrogens with zero attached hydrogens (tertiary/aromatic N) is 3. The summed E-state index contributed by atoms with van der Waals surface area (Å²) in [6, 6.07) is 0.937. The highest BCUT2D eigenvalue weighted by Crippen LogP contribution is 2.43. The van der Waals surface area contributed by atoms with Gasteiger partial charge in [-0.2, -0.15) is 0 Å². The first-order valence-electron chi connectivity index (χ1n) is 9.63. The highest BCUT2D eigenvalue weighted by Gasteiger charge is 2.36. The number of hydrogen-bond acceptors (Lipinski definition) is 4. The molecule has 1 saturated heterocycles. The fraction of sp³-hybridized carbons (Fsp3) is 0.789. The van der Waals surface area contributed by atoms with Crippen molar-refractivity contribution in [2.24, 2.45) is 11.8 Å². The van der Waals surface area contributed by atoms with Crippen molar-refractivity contribution in [3.8, 4) is 0 Å². The number of halogens is 1. The third-order valence-electron chi connectivity index (χ3n) is 6.12. The monoisotopic (exact) mass is 332 g/mol. The molecule has 3 aliphatic rings. The molecule has 1 aromatic heterocycles. The van der Waals surface area contributed by atoms with Crippen molar-refractivity contribution in [1.29, 1.82) is 0 Å². The molecule has 4 rings (SSSR count). The average molecular weight is 332 g/mol. The van der Waals surface area contributed by atoms with E-state index in [0.717, 1.165) is 30.5 Å². The Hall–Kier alpha value is -1.07. The summed E-state index contributed by atoms with van der Waals surface area (Å²) in [5.74, 6) is 1.97. The Morgan fingerprint density at radius 2 is 1.92 bits per heavy atom. The van der Waals surface area contributed by atoms with Crippen molar-refractivity contribution in [2.45, 2.75) is 69.7 Å². The van der Waals surface area contributed by atoms with Crippen LogP contribution in [0.2, 0.25) is 0 Å². The maximum absolute atomic E-state index is 14.0. The van der Waals surface area contributed by atoms with Crippen LogP contribution in [0.1, 0.15) is 50.5 Å². The minimum Gasteiger partial charge on any atom is -0.312 e. The molecule has 1 N–H and O–H groups in total. The lowest BCUT2D eigenvalue weighted by atomic mass is 9.82. The maximum Gasteiger partial charge on any atom is 0.115 e. The summed E-state index contributed by atoms with van der Waals surface area (Å²) in [6.07, 6.45) is 13.5. The molecule has 4 atom stereocenters. The maximum atomic E-state index is 14.0. The largest absolute Gasteiger partial charge is 0.312 e. The van der Waals surface area contributed by atoms with E-state index in [4.69, 9.17) is 0 Å². The van der Waals surface area contributed by atoms with Gasteiger partial charge in [0.15, 0.2) is 0 Å². The van der Waals surface area contributed by atoms with Gasteiger partial charge in [-0.25, -0.2) is 14.4 Å². The third-order valence-corrected chi connectivity index (χ3v) is 6.12. The second kappa shape index (κ2) is 7.44.